The number of benzene rings is 3. The van der Waals surface area contributed by atoms with Crippen molar-refractivity contribution in [2.24, 2.45) is 5.92 Å². The zero-order valence-corrected chi connectivity index (χ0v) is 21.7. The van der Waals surface area contributed by atoms with E-state index in [4.69, 9.17) is 0 Å². The number of aromatic nitrogens is 1. The molecule has 3 aromatic carbocycles. The first-order valence-electron chi connectivity index (χ1n) is 12.8. The van der Waals surface area contributed by atoms with E-state index >= 15 is 0 Å². The first-order valence-corrected chi connectivity index (χ1v) is 12.8. The molecular weight excluding hydrogens is 458 g/mol. The van der Waals surface area contributed by atoms with Gasteiger partial charge in [-0.2, -0.15) is 0 Å². The van der Waals surface area contributed by atoms with Gasteiger partial charge in [-0.1, -0.05) is 92.7 Å². The molecule has 190 valence electrons. The van der Waals surface area contributed by atoms with E-state index in [1.807, 2.05) is 77.7 Å². The summed E-state index contributed by atoms with van der Waals surface area (Å²) in [5.74, 6) is 0.0575. The smallest absolute Gasteiger partial charge is 0.254 e. The van der Waals surface area contributed by atoms with Gasteiger partial charge < -0.3 is 14.4 Å². The Morgan fingerprint density at radius 3 is 1.92 bits per heavy atom. The molecule has 1 aromatic heterocycles. The zero-order chi connectivity index (χ0) is 26.0. The van der Waals surface area contributed by atoms with E-state index in [0.29, 0.717) is 25.2 Å². The van der Waals surface area contributed by atoms with E-state index in [0.717, 1.165) is 17.8 Å². The Morgan fingerprint density at radius 2 is 1.30 bits per heavy atom. The van der Waals surface area contributed by atoms with Crippen molar-refractivity contribution >= 4 is 11.8 Å². The number of nitrogens with zero attached hydrogens (tertiary/aromatic N) is 3. The van der Waals surface area contributed by atoms with E-state index in [1.54, 1.807) is 17.0 Å². The van der Waals surface area contributed by atoms with Crippen molar-refractivity contribution in [3.05, 3.63) is 132 Å². The van der Waals surface area contributed by atoms with Gasteiger partial charge in [0.15, 0.2) is 0 Å². The zero-order valence-electron chi connectivity index (χ0n) is 21.7. The third-order valence-corrected chi connectivity index (χ3v) is 6.26. The summed E-state index contributed by atoms with van der Waals surface area (Å²) < 4.78 is 2.18. The van der Waals surface area contributed by atoms with Crippen molar-refractivity contribution in [3.8, 4) is 0 Å². The fourth-order valence-electron chi connectivity index (χ4n) is 4.45. The molecule has 0 atom stereocenters. The Labute approximate surface area is 220 Å². The lowest BCUT2D eigenvalue weighted by atomic mass is 10.1. The van der Waals surface area contributed by atoms with Crippen molar-refractivity contribution < 1.29 is 9.59 Å². The van der Waals surface area contributed by atoms with Gasteiger partial charge in [0, 0.05) is 37.1 Å². The number of amides is 2. The quantitative estimate of drug-likeness (QED) is 0.263. The fraction of sp³-hybridized carbons (Fsp3) is 0.250. The van der Waals surface area contributed by atoms with Crippen LogP contribution in [0, 0.1) is 5.92 Å². The molecule has 1 heterocycles. The molecule has 5 heteroatoms. The summed E-state index contributed by atoms with van der Waals surface area (Å²) in [6.07, 6.45) is 2.05. The van der Waals surface area contributed by atoms with E-state index in [1.165, 1.54) is 5.56 Å². The Bertz CT molecular complexity index is 1270. The largest absolute Gasteiger partial charge is 0.345 e. The summed E-state index contributed by atoms with van der Waals surface area (Å²) in [5, 5.41) is 0. The summed E-state index contributed by atoms with van der Waals surface area (Å²) in [6.45, 7) is 6.36. The normalized spacial score (nSPS) is 10.9. The van der Waals surface area contributed by atoms with E-state index in [2.05, 4.69) is 42.8 Å². The standard InChI is InChI=1S/C32H35N3O2/c1-26(2)21-35(32(37)29-17-10-5-11-18-29)25-31(36)34(23-28-15-8-4-9-16-28)24-30-19-12-20-33(30)22-27-13-6-3-7-14-27/h3-20,26H,21-25H2,1-2H3. The van der Waals surface area contributed by atoms with Crippen LogP contribution in [0.4, 0.5) is 0 Å². The lowest BCUT2D eigenvalue weighted by molar-refractivity contribution is -0.133. The summed E-state index contributed by atoms with van der Waals surface area (Å²) in [7, 11) is 0. The van der Waals surface area contributed by atoms with Crippen molar-refractivity contribution in [1.29, 1.82) is 0 Å². The third kappa shape index (κ3) is 7.43. The SMILES string of the molecule is CC(C)CN(CC(=O)N(Cc1ccccc1)Cc1cccn1Cc1ccccc1)C(=O)c1ccccc1. The van der Waals surface area contributed by atoms with Gasteiger partial charge >= 0.3 is 0 Å². The second kappa shape index (κ2) is 12.7. The van der Waals surface area contributed by atoms with E-state index in [9.17, 15) is 9.59 Å². The van der Waals surface area contributed by atoms with Gasteiger partial charge in [0.25, 0.3) is 5.91 Å². The van der Waals surface area contributed by atoms with Gasteiger partial charge in [-0.15, -0.1) is 0 Å². The van der Waals surface area contributed by atoms with Gasteiger partial charge in [0.1, 0.15) is 6.54 Å². The molecule has 4 aromatic rings. The van der Waals surface area contributed by atoms with Crippen molar-refractivity contribution in [2.45, 2.75) is 33.5 Å². The van der Waals surface area contributed by atoms with Crippen molar-refractivity contribution in [3.63, 3.8) is 0 Å². The van der Waals surface area contributed by atoms with Gasteiger partial charge in [-0.3, -0.25) is 9.59 Å². The molecule has 2 amide bonds. The van der Waals surface area contributed by atoms with E-state index < -0.39 is 0 Å². The first kappa shape index (κ1) is 26.0. The molecule has 0 N–H and O–H groups in total. The maximum absolute atomic E-state index is 13.8. The van der Waals surface area contributed by atoms with Crippen molar-refractivity contribution in [1.82, 2.24) is 14.4 Å². The Balaban J connectivity index is 1.56. The molecule has 0 radical (unpaired) electrons. The highest BCUT2D eigenvalue weighted by Gasteiger charge is 2.24. The van der Waals surface area contributed by atoms with Crippen LogP contribution in [0.25, 0.3) is 0 Å². The average Bonchev–Trinajstić information content (AvgIpc) is 3.35. The molecule has 0 aliphatic rings. The lowest BCUT2D eigenvalue weighted by Crippen LogP contribution is -2.44. The molecule has 37 heavy (non-hydrogen) atoms. The summed E-state index contributed by atoms with van der Waals surface area (Å²) in [5.41, 5.74) is 3.92. The van der Waals surface area contributed by atoms with Crippen LogP contribution < -0.4 is 0 Å². The molecule has 0 spiro atoms. The predicted octanol–water partition coefficient (Wildman–Crippen LogP) is 5.86. The molecule has 0 fully saturated rings. The minimum absolute atomic E-state index is 0.0398. The molecule has 0 saturated heterocycles. The minimum Gasteiger partial charge on any atom is -0.345 e. The number of hydrogen-bond acceptors (Lipinski definition) is 2. The predicted molar refractivity (Wildman–Crippen MR) is 148 cm³/mol. The van der Waals surface area contributed by atoms with Gasteiger partial charge in [0.2, 0.25) is 5.91 Å². The highest BCUT2D eigenvalue weighted by atomic mass is 16.2. The van der Waals surface area contributed by atoms with Crippen LogP contribution in [0.15, 0.2) is 109 Å². The Morgan fingerprint density at radius 1 is 0.703 bits per heavy atom. The summed E-state index contributed by atoms with van der Waals surface area (Å²) in [6, 6.07) is 33.6. The van der Waals surface area contributed by atoms with Gasteiger partial charge in [-0.05, 0) is 41.3 Å². The Kier molecular flexibility index (Phi) is 8.93. The van der Waals surface area contributed by atoms with Crippen LogP contribution in [0.1, 0.15) is 41.0 Å². The van der Waals surface area contributed by atoms with E-state index in [-0.39, 0.29) is 24.3 Å². The maximum atomic E-state index is 13.8. The van der Waals surface area contributed by atoms with Crippen LogP contribution in [-0.2, 0) is 24.4 Å². The molecule has 0 unspecified atom stereocenters. The molecule has 0 bridgehead atoms. The number of hydrogen-bond donors (Lipinski definition) is 0. The molecule has 0 aliphatic heterocycles. The maximum Gasteiger partial charge on any atom is 0.254 e. The Hall–Kier alpha value is -4.12. The molecule has 0 saturated carbocycles. The lowest BCUT2D eigenvalue weighted by Gasteiger charge is -2.29. The van der Waals surface area contributed by atoms with Crippen LogP contribution in [0.5, 0.6) is 0 Å². The van der Waals surface area contributed by atoms with Crippen LogP contribution in [0.3, 0.4) is 0 Å². The average molecular weight is 494 g/mol. The molecule has 0 aliphatic carbocycles. The second-order valence-corrected chi connectivity index (χ2v) is 9.79. The molecular formula is C32H35N3O2. The first-order chi connectivity index (χ1) is 18.0. The van der Waals surface area contributed by atoms with Crippen LogP contribution in [-0.4, -0.2) is 39.3 Å². The van der Waals surface area contributed by atoms with Crippen molar-refractivity contribution in [2.75, 3.05) is 13.1 Å². The summed E-state index contributed by atoms with van der Waals surface area (Å²) in [4.78, 5) is 30.7. The second-order valence-electron chi connectivity index (χ2n) is 9.79. The fourth-order valence-corrected chi connectivity index (χ4v) is 4.45. The number of rotatable bonds is 11. The van der Waals surface area contributed by atoms with Crippen LogP contribution >= 0.6 is 0 Å². The highest BCUT2D eigenvalue weighted by molar-refractivity contribution is 5.96. The topological polar surface area (TPSA) is 45.6 Å². The third-order valence-electron chi connectivity index (χ3n) is 6.26. The number of carbonyl (C=O) groups excluding carboxylic acids is 2. The van der Waals surface area contributed by atoms with Gasteiger partial charge in [-0.25, -0.2) is 0 Å². The minimum atomic E-state index is -0.116. The molecule has 5 nitrogen and oxygen atoms in total. The number of carbonyl (C=O) groups is 2. The summed E-state index contributed by atoms with van der Waals surface area (Å²) >= 11 is 0. The molecule has 4 rings (SSSR count). The highest BCUT2D eigenvalue weighted by Crippen LogP contribution is 2.15. The van der Waals surface area contributed by atoms with Crippen LogP contribution in [0.2, 0.25) is 0 Å². The monoisotopic (exact) mass is 493 g/mol. The van der Waals surface area contributed by atoms with Gasteiger partial charge in [0.05, 0.1) is 6.54 Å².